The first-order valence-corrected chi connectivity index (χ1v) is 11.8. The molecule has 0 aromatic heterocycles. The van der Waals surface area contributed by atoms with Crippen LogP contribution in [-0.4, -0.2) is 26.2 Å². The van der Waals surface area contributed by atoms with Gasteiger partial charge in [-0.1, -0.05) is 30.3 Å². The zero-order valence-electron chi connectivity index (χ0n) is 21.4. The summed E-state index contributed by atoms with van der Waals surface area (Å²) in [5.74, 6) is -2.02. The monoisotopic (exact) mass is 531 g/mol. The third-order valence-corrected chi connectivity index (χ3v) is 6.17. The lowest BCUT2D eigenvalue weighted by Crippen LogP contribution is -2.40. The number of carbonyl (C=O) groups excluding carboxylic acids is 2. The predicted molar refractivity (Wildman–Crippen MR) is 142 cm³/mol. The van der Waals surface area contributed by atoms with Crippen LogP contribution in [0.5, 0.6) is 11.5 Å². The second kappa shape index (κ2) is 11.6. The quantitative estimate of drug-likeness (QED) is 0.458. The van der Waals surface area contributed by atoms with E-state index in [9.17, 15) is 20.1 Å². The first kappa shape index (κ1) is 27.0. The van der Waals surface area contributed by atoms with Gasteiger partial charge in [-0.15, -0.1) is 0 Å². The van der Waals surface area contributed by atoms with E-state index in [1.54, 1.807) is 60.7 Å². The third-order valence-electron chi connectivity index (χ3n) is 6.17. The number of rotatable bonds is 6. The Morgan fingerprint density at radius 3 is 2.00 bits per heavy atom. The van der Waals surface area contributed by atoms with Crippen LogP contribution in [0.2, 0.25) is 0 Å². The van der Waals surface area contributed by atoms with Gasteiger partial charge in [0.25, 0.3) is 0 Å². The Labute approximate surface area is 229 Å². The van der Waals surface area contributed by atoms with Crippen LogP contribution >= 0.6 is 0 Å². The lowest BCUT2D eigenvalue weighted by Gasteiger charge is -2.35. The summed E-state index contributed by atoms with van der Waals surface area (Å²) < 4.78 is 15.9. The molecule has 0 bridgehead atoms. The maximum absolute atomic E-state index is 13.2. The minimum Gasteiger partial charge on any atom is -0.466 e. The molecule has 1 heterocycles. The van der Waals surface area contributed by atoms with Gasteiger partial charge >= 0.3 is 11.9 Å². The molecule has 10 heteroatoms. The molecule has 0 saturated carbocycles. The molecular formula is C30H21N5O5. The Balaban J connectivity index is 1.83. The lowest BCUT2D eigenvalue weighted by atomic mass is 9.81. The van der Waals surface area contributed by atoms with Crippen molar-refractivity contribution in [3.63, 3.8) is 0 Å². The molecule has 1 unspecified atom stereocenters. The molecule has 0 amide bonds. The van der Waals surface area contributed by atoms with E-state index in [2.05, 4.69) is 6.07 Å². The predicted octanol–water partition coefficient (Wildman–Crippen LogP) is 4.12. The number of carbonyl (C=O) groups is 2. The number of hydrogen-bond acceptors (Lipinski definition) is 10. The molecular weight excluding hydrogens is 510 g/mol. The third kappa shape index (κ3) is 4.91. The smallest absolute Gasteiger partial charge is 0.355 e. The second-order valence-corrected chi connectivity index (χ2v) is 8.36. The van der Waals surface area contributed by atoms with Crippen molar-refractivity contribution in [1.82, 2.24) is 0 Å². The van der Waals surface area contributed by atoms with Gasteiger partial charge in [0, 0.05) is 5.69 Å². The van der Waals surface area contributed by atoms with Crippen LogP contribution in [0.3, 0.4) is 0 Å². The second-order valence-electron chi connectivity index (χ2n) is 8.36. The van der Waals surface area contributed by atoms with Gasteiger partial charge in [-0.2, -0.15) is 15.8 Å². The van der Waals surface area contributed by atoms with E-state index < -0.39 is 17.9 Å². The number of benzene rings is 3. The Morgan fingerprint density at radius 2 is 1.43 bits per heavy atom. The molecule has 40 heavy (non-hydrogen) atoms. The number of allylic oxidation sites excluding steroid dienone is 1. The summed E-state index contributed by atoms with van der Waals surface area (Å²) in [7, 11) is 2.35. The van der Waals surface area contributed by atoms with Crippen molar-refractivity contribution in [2.24, 2.45) is 5.73 Å². The molecule has 0 saturated heterocycles. The first-order chi connectivity index (χ1) is 19.4. The summed E-state index contributed by atoms with van der Waals surface area (Å²) in [5.41, 5.74) is 7.54. The molecule has 0 radical (unpaired) electrons. The van der Waals surface area contributed by atoms with E-state index in [0.29, 0.717) is 22.7 Å². The van der Waals surface area contributed by atoms with Gasteiger partial charge in [-0.25, -0.2) is 9.59 Å². The Hall–Kier alpha value is -6.05. The summed E-state index contributed by atoms with van der Waals surface area (Å²) in [4.78, 5) is 27.6. The molecule has 10 nitrogen and oxygen atoms in total. The molecule has 1 atom stereocenters. The summed E-state index contributed by atoms with van der Waals surface area (Å²) in [6.45, 7) is 0. The van der Waals surface area contributed by atoms with Crippen molar-refractivity contribution in [1.29, 1.82) is 15.8 Å². The van der Waals surface area contributed by atoms with Crippen molar-refractivity contribution >= 4 is 17.6 Å². The number of esters is 2. The van der Waals surface area contributed by atoms with Crippen LogP contribution in [0.4, 0.5) is 5.69 Å². The number of nitriles is 3. The number of ether oxygens (including phenoxy) is 3. The maximum Gasteiger partial charge on any atom is 0.355 e. The highest BCUT2D eigenvalue weighted by atomic mass is 16.5. The van der Waals surface area contributed by atoms with E-state index in [4.69, 9.17) is 25.2 Å². The van der Waals surface area contributed by atoms with Crippen molar-refractivity contribution in [3.05, 3.63) is 112 Å². The van der Waals surface area contributed by atoms with Gasteiger partial charge in [0.1, 0.15) is 35.2 Å². The van der Waals surface area contributed by atoms with Gasteiger partial charge in [-0.3, -0.25) is 4.90 Å². The van der Waals surface area contributed by atoms with Crippen LogP contribution in [0.1, 0.15) is 22.6 Å². The molecule has 3 aromatic rings. The van der Waals surface area contributed by atoms with E-state index in [0.717, 1.165) is 0 Å². The van der Waals surface area contributed by atoms with Gasteiger partial charge in [-0.05, 0) is 48.0 Å². The molecule has 4 rings (SSSR count). The summed E-state index contributed by atoms with van der Waals surface area (Å²) in [6, 6.07) is 25.5. The van der Waals surface area contributed by atoms with E-state index in [1.807, 2.05) is 12.1 Å². The van der Waals surface area contributed by atoms with Crippen molar-refractivity contribution < 1.29 is 23.8 Å². The van der Waals surface area contributed by atoms with Gasteiger partial charge in [0.05, 0.1) is 48.5 Å². The summed E-state index contributed by atoms with van der Waals surface area (Å²) >= 11 is 0. The van der Waals surface area contributed by atoms with Crippen molar-refractivity contribution in [2.45, 2.75) is 5.92 Å². The molecule has 2 N–H and O–H groups in total. The highest BCUT2D eigenvalue weighted by molar-refractivity contribution is 6.06. The molecule has 3 aromatic carbocycles. The van der Waals surface area contributed by atoms with Crippen LogP contribution in [0.25, 0.3) is 0 Å². The van der Waals surface area contributed by atoms with E-state index in [1.165, 1.54) is 31.3 Å². The van der Waals surface area contributed by atoms with Crippen LogP contribution in [0, 0.1) is 34.0 Å². The Morgan fingerprint density at radius 1 is 0.800 bits per heavy atom. The van der Waals surface area contributed by atoms with Crippen molar-refractivity contribution in [2.75, 3.05) is 19.1 Å². The zero-order chi connectivity index (χ0) is 28.8. The van der Waals surface area contributed by atoms with Crippen LogP contribution in [0.15, 0.2) is 95.5 Å². The van der Waals surface area contributed by atoms with Gasteiger partial charge in [0.2, 0.25) is 0 Å². The molecule has 0 fully saturated rings. The number of hydrogen-bond donors (Lipinski definition) is 1. The minimum atomic E-state index is -0.975. The number of methoxy groups -OCH3 is 2. The highest BCUT2D eigenvalue weighted by Gasteiger charge is 2.42. The minimum absolute atomic E-state index is 0.0428. The fraction of sp³-hybridized carbons (Fsp3) is 0.100. The summed E-state index contributed by atoms with van der Waals surface area (Å²) in [5, 5.41) is 28.5. The average molecular weight is 532 g/mol. The van der Waals surface area contributed by atoms with Crippen molar-refractivity contribution in [3.8, 4) is 29.7 Å². The fourth-order valence-corrected chi connectivity index (χ4v) is 4.36. The molecule has 1 aliphatic heterocycles. The standard InChI is InChI=1S/C30H21N5O5/c1-38-29(36)26-25(18-6-4-3-5-7-18)24(17-33)28(34)35(27(26)30(37)39-2)21-9-12-22(13-10-21)40-23-11-8-19(15-31)20(14-23)16-32/h3-14,25H,34H2,1-2H3. The Kier molecular flexibility index (Phi) is 7.80. The maximum atomic E-state index is 13.2. The highest BCUT2D eigenvalue weighted by Crippen LogP contribution is 2.43. The number of nitrogens with two attached hydrogens (primary N) is 1. The van der Waals surface area contributed by atoms with Gasteiger partial charge < -0.3 is 19.9 Å². The van der Waals surface area contributed by atoms with E-state index >= 15 is 0 Å². The topological polar surface area (TPSA) is 162 Å². The largest absolute Gasteiger partial charge is 0.466 e. The normalized spacial score (nSPS) is 14.5. The average Bonchev–Trinajstić information content (AvgIpc) is 3.00. The summed E-state index contributed by atoms with van der Waals surface area (Å²) in [6.07, 6.45) is 0. The van der Waals surface area contributed by atoms with E-state index in [-0.39, 0.29) is 33.8 Å². The molecule has 196 valence electrons. The SMILES string of the molecule is COC(=O)C1=C(C(=O)OC)N(c2ccc(Oc3ccc(C#N)c(C#N)c3)cc2)C(N)=C(C#N)C1c1ccccc1. The molecule has 0 aliphatic carbocycles. The fourth-order valence-electron chi connectivity index (χ4n) is 4.36. The number of anilines is 1. The number of nitrogens with zero attached hydrogens (tertiary/aromatic N) is 4. The van der Waals surface area contributed by atoms with Gasteiger partial charge in [0.15, 0.2) is 0 Å². The molecule has 1 aliphatic rings. The lowest BCUT2D eigenvalue weighted by molar-refractivity contribution is -0.139. The van der Waals surface area contributed by atoms with Crippen LogP contribution < -0.4 is 15.4 Å². The molecule has 0 spiro atoms. The zero-order valence-corrected chi connectivity index (χ0v) is 21.4. The van der Waals surface area contributed by atoms with Crippen LogP contribution in [-0.2, 0) is 19.1 Å². The first-order valence-electron chi connectivity index (χ1n) is 11.8. The Bertz CT molecular complexity index is 1670.